The first-order chi connectivity index (χ1) is 7.65. The van der Waals surface area contributed by atoms with Crippen molar-refractivity contribution in [2.45, 2.75) is 20.8 Å². The summed E-state index contributed by atoms with van der Waals surface area (Å²) in [5, 5.41) is 2.82. The number of para-hydroxylation sites is 1. The summed E-state index contributed by atoms with van der Waals surface area (Å²) in [5.41, 5.74) is 4.03. The van der Waals surface area contributed by atoms with Crippen LogP contribution in [0.25, 0.3) is 10.9 Å². The molecule has 1 aromatic heterocycles. The third-order valence-corrected chi connectivity index (χ3v) is 4.57. The summed E-state index contributed by atoms with van der Waals surface area (Å²) in [5.74, 6) is 0.965. The summed E-state index contributed by atoms with van der Waals surface area (Å²) >= 11 is 0. The molecule has 0 spiro atoms. The molecular formula is C14H19Cl3OPZr-. The van der Waals surface area contributed by atoms with Gasteiger partial charge in [-0.15, -0.1) is 59.7 Å². The van der Waals surface area contributed by atoms with Crippen molar-refractivity contribution in [1.82, 2.24) is 0 Å². The van der Waals surface area contributed by atoms with Gasteiger partial charge in [0.1, 0.15) is 0 Å². The Morgan fingerprint density at radius 3 is 2.00 bits per heavy atom. The molecule has 0 aliphatic carbocycles. The molecule has 1 heterocycles. The van der Waals surface area contributed by atoms with Gasteiger partial charge in [0, 0.05) is 26.2 Å². The van der Waals surface area contributed by atoms with E-state index in [-0.39, 0.29) is 63.4 Å². The molecule has 0 atom stereocenters. The molecule has 0 amide bonds. The van der Waals surface area contributed by atoms with Crippen LogP contribution >= 0.6 is 45.4 Å². The molecule has 1 nitrogen and oxygen atoms in total. The molecule has 2 rings (SSSR count). The minimum atomic E-state index is 0. The first-order valence-corrected chi connectivity index (χ1v) is 6.28. The Morgan fingerprint density at radius 1 is 1.00 bits per heavy atom. The van der Waals surface area contributed by atoms with Crippen molar-refractivity contribution in [2.24, 2.45) is 0 Å². The normalized spacial score (nSPS) is 8.80. The maximum absolute atomic E-state index is 5.42. The largest absolute Gasteiger partial charge is 0.531 e. The zero-order valence-electron chi connectivity index (χ0n) is 11.9. The molecule has 2 aromatic rings. The van der Waals surface area contributed by atoms with Crippen molar-refractivity contribution >= 4 is 45.4 Å². The summed E-state index contributed by atoms with van der Waals surface area (Å²) in [6, 6.07) is 8.23. The Morgan fingerprint density at radius 2 is 1.55 bits per heavy atom. The fourth-order valence-electron chi connectivity index (χ4n) is 1.89. The first kappa shape index (κ1) is 25.5. The Bertz CT molecular complexity index is 529. The van der Waals surface area contributed by atoms with Gasteiger partial charge in [0.15, 0.2) is 0 Å². The van der Waals surface area contributed by atoms with Crippen LogP contribution in [-0.4, -0.2) is 7.11 Å². The standard InChI is InChI=1S/C14H16OP.3ClH.Zr/c1-9-10(2)14(16-11(9)3)12-7-5-6-8-13(12)15-4;;;;/h5-8H,1-4H3;3*1H;/q-1;;;;. The SMILES string of the molecule is COc1ccccc1-[c-]1pc(C)c(C)c1C.Cl.Cl.Cl.[Zr]. The van der Waals surface area contributed by atoms with Crippen molar-refractivity contribution in [2.75, 3.05) is 7.11 Å². The van der Waals surface area contributed by atoms with Gasteiger partial charge in [-0.25, -0.2) is 0 Å². The van der Waals surface area contributed by atoms with Crippen LogP contribution in [0, 0.1) is 20.8 Å². The molecule has 112 valence electrons. The van der Waals surface area contributed by atoms with E-state index in [4.69, 9.17) is 4.74 Å². The monoisotopic (exact) mass is 429 g/mol. The van der Waals surface area contributed by atoms with E-state index in [2.05, 4.69) is 32.9 Å². The zero-order chi connectivity index (χ0) is 11.7. The molecule has 0 aliphatic rings. The van der Waals surface area contributed by atoms with Gasteiger partial charge in [0.25, 0.3) is 0 Å². The number of benzene rings is 1. The van der Waals surface area contributed by atoms with Crippen molar-refractivity contribution in [3.05, 3.63) is 40.7 Å². The summed E-state index contributed by atoms with van der Waals surface area (Å²) in [6.07, 6.45) is 0. The maximum atomic E-state index is 5.42. The number of aryl methyl sites for hydroxylation is 1. The van der Waals surface area contributed by atoms with Crippen molar-refractivity contribution in [3.8, 4) is 16.6 Å². The number of ether oxygens (including phenoxy) is 1. The summed E-state index contributed by atoms with van der Waals surface area (Å²) < 4.78 is 5.42. The molecule has 6 heteroatoms. The average Bonchev–Trinajstić information content (AvgIpc) is 2.57. The first-order valence-electron chi connectivity index (χ1n) is 5.39. The molecule has 0 N–H and O–H groups in total. The molecule has 20 heavy (non-hydrogen) atoms. The fourth-order valence-corrected chi connectivity index (χ4v) is 3.20. The molecule has 1 aromatic carbocycles. The molecule has 0 aliphatic heterocycles. The van der Waals surface area contributed by atoms with Crippen molar-refractivity contribution in [1.29, 1.82) is 0 Å². The quantitative estimate of drug-likeness (QED) is 0.542. The Balaban J connectivity index is -0.000000722. The number of rotatable bonds is 2. The fraction of sp³-hybridized carbons (Fsp3) is 0.286. The van der Waals surface area contributed by atoms with Crippen LogP contribution in [0.3, 0.4) is 0 Å². The van der Waals surface area contributed by atoms with E-state index in [1.807, 2.05) is 12.1 Å². The third kappa shape index (κ3) is 5.08. The summed E-state index contributed by atoms with van der Waals surface area (Å²) in [4.78, 5) is 0. The Kier molecular flexibility index (Phi) is 14.2. The molecule has 0 fully saturated rings. The van der Waals surface area contributed by atoms with Crippen LogP contribution in [0.1, 0.15) is 16.4 Å². The van der Waals surface area contributed by atoms with E-state index in [0.717, 1.165) is 5.75 Å². The second-order valence-corrected chi connectivity index (χ2v) is 5.34. The Hall–Kier alpha value is 0.553. The van der Waals surface area contributed by atoms with E-state index in [0.29, 0.717) is 0 Å². The van der Waals surface area contributed by atoms with Crippen LogP contribution in [-0.2, 0) is 26.2 Å². The molecule has 0 unspecified atom stereocenters. The topological polar surface area (TPSA) is 9.23 Å². The number of hydrogen-bond acceptors (Lipinski definition) is 1. The summed E-state index contributed by atoms with van der Waals surface area (Å²) in [6.45, 7) is 6.59. The van der Waals surface area contributed by atoms with Crippen LogP contribution in [0.5, 0.6) is 5.75 Å². The van der Waals surface area contributed by atoms with Gasteiger partial charge in [0.2, 0.25) is 0 Å². The van der Waals surface area contributed by atoms with E-state index >= 15 is 0 Å². The Labute approximate surface area is 160 Å². The van der Waals surface area contributed by atoms with E-state index in [9.17, 15) is 0 Å². The second kappa shape index (κ2) is 11.2. The van der Waals surface area contributed by atoms with Gasteiger partial charge in [-0.2, -0.15) is 8.19 Å². The van der Waals surface area contributed by atoms with Gasteiger partial charge in [-0.05, 0) is 0 Å². The third-order valence-electron chi connectivity index (χ3n) is 3.10. The molecule has 0 radical (unpaired) electrons. The minimum absolute atomic E-state index is 0. The van der Waals surface area contributed by atoms with Crippen LogP contribution in [0.2, 0.25) is 0 Å². The number of hydrogen-bond donors (Lipinski definition) is 0. The van der Waals surface area contributed by atoms with Crippen molar-refractivity contribution in [3.63, 3.8) is 0 Å². The zero-order valence-corrected chi connectivity index (χ0v) is 17.7. The van der Waals surface area contributed by atoms with Crippen LogP contribution in [0.15, 0.2) is 24.3 Å². The van der Waals surface area contributed by atoms with Crippen LogP contribution in [0.4, 0.5) is 0 Å². The smallest absolute Gasteiger partial charge is 0.0673 e. The molecular weight excluding hydrogens is 413 g/mol. The van der Waals surface area contributed by atoms with Gasteiger partial charge in [0.05, 0.1) is 12.9 Å². The number of methoxy groups -OCH3 is 1. The molecule has 0 saturated heterocycles. The predicted molar refractivity (Wildman–Crippen MR) is 92.5 cm³/mol. The average molecular weight is 432 g/mol. The molecule has 0 bridgehead atoms. The molecule has 0 saturated carbocycles. The van der Waals surface area contributed by atoms with E-state index < -0.39 is 0 Å². The van der Waals surface area contributed by atoms with E-state index in [1.54, 1.807) is 7.11 Å². The van der Waals surface area contributed by atoms with E-state index in [1.165, 1.54) is 35.5 Å². The van der Waals surface area contributed by atoms with Gasteiger partial charge < -0.3 is 4.74 Å². The van der Waals surface area contributed by atoms with Crippen molar-refractivity contribution < 1.29 is 30.9 Å². The predicted octanol–water partition coefficient (Wildman–Crippen LogP) is 5.85. The van der Waals surface area contributed by atoms with Gasteiger partial charge >= 0.3 is 0 Å². The van der Waals surface area contributed by atoms with Crippen LogP contribution < -0.4 is 4.74 Å². The van der Waals surface area contributed by atoms with Gasteiger partial charge in [-0.3, -0.25) is 0 Å². The minimum Gasteiger partial charge on any atom is -0.531 e. The maximum Gasteiger partial charge on any atom is 0.0673 e. The number of halogens is 3. The summed E-state index contributed by atoms with van der Waals surface area (Å²) in [7, 11) is 3.05. The second-order valence-electron chi connectivity index (χ2n) is 4.00. The van der Waals surface area contributed by atoms with Gasteiger partial charge in [-0.1, -0.05) is 49.8 Å².